The molecule has 7 heteroatoms. The average Bonchev–Trinajstić information content (AvgIpc) is 2.70. The lowest BCUT2D eigenvalue weighted by atomic mass is 10.3. The van der Waals surface area contributed by atoms with Crippen molar-refractivity contribution < 1.29 is 12.8 Å². The summed E-state index contributed by atoms with van der Waals surface area (Å²) in [5.41, 5.74) is 5.19. The molecule has 0 aliphatic carbocycles. The summed E-state index contributed by atoms with van der Waals surface area (Å²) >= 11 is 5.81. The second-order valence-electron chi connectivity index (χ2n) is 4.41. The Labute approximate surface area is 111 Å². The molecule has 1 aliphatic rings. The zero-order valence-corrected chi connectivity index (χ0v) is 11.4. The first-order valence-electron chi connectivity index (χ1n) is 5.60. The number of hydrogen-bond acceptors (Lipinski definition) is 3. The monoisotopic (exact) mass is 292 g/mol. The summed E-state index contributed by atoms with van der Waals surface area (Å²) in [6.45, 7) is 2.29. The van der Waals surface area contributed by atoms with Crippen LogP contribution in [0.2, 0.25) is 5.02 Å². The molecule has 2 rings (SSSR count). The fourth-order valence-electron chi connectivity index (χ4n) is 2.13. The third-order valence-corrected chi connectivity index (χ3v) is 5.61. The van der Waals surface area contributed by atoms with Gasteiger partial charge in [-0.05, 0) is 31.9 Å². The second kappa shape index (κ2) is 4.68. The van der Waals surface area contributed by atoms with Gasteiger partial charge >= 0.3 is 0 Å². The number of nitrogens with zero attached hydrogens (tertiary/aromatic N) is 1. The molecule has 0 aromatic heterocycles. The zero-order valence-electron chi connectivity index (χ0n) is 9.86. The Balaban J connectivity index is 2.51. The van der Waals surface area contributed by atoms with E-state index < -0.39 is 15.8 Å². The summed E-state index contributed by atoms with van der Waals surface area (Å²) in [6.07, 6.45) is 1.63. The van der Waals surface area contributed by atoms with Gasteiger partial charge in [0.1, 0.15) is 10.7 Å². The van der Waals surface area contributed by atoms with Crippen LogP contribution in [0.4, 0.5) is 10.1 Å². The average molecular weight is 293 g/mol. The Morgan fingerprint density at radius 3 is 2.72 bits per heavy atom. The van der Waals surface area contributed by atoms with E-state index in [0.29, 0.717) is 6.54 Å². The van der Waals surface area contributed by atoms with Crippen LogP contribution in [0.3, 0.4) is 0 Å². The summed E-state index contributed by atoms with van der Waals surface area (Å²) in [5, 5.41) is -0.138. The number of hydrogen-bond donors (Lipinski definition) is 1. The van der Waals surface area contributed by atoms with Crippen molar-refractivity contribution in [1.29, 1.82) is 0 Å². The van der Waals surface area contributed by atoms with E-state index in [4.69, 9.17) is 17.3 Å². The van der Waals surface area contributed by atoms with Crippen LogP contribution in [-0.4, -0.2) is 25.3 Å². The highest BCUT2D eigenvalue weighted by atomic mass is 35.5. The van der Waals surface area contributed by atoms with Crippen LogP contribution in [0.25, 0.3) is 0 Å². The quantitative estimate of drug-likeness (QED) is 0.850. The van der Waals surface area contributed by atoms with Crippen LogP contribution in [0.15, 0.2) is 17.0 Å². The number of halogens is 2. The van der Waals surface area contributed by atoms with Crippen LogP contribution in [0.1, 0.15) is 19.8 Å². The van der Waals surface area contributed by atoms with Crippen LogP contribution in [-0.2, 0) is 10.0 Å². The lowest BCUT2D eigenvalue weighted by Gasteiger charge is -2.21. The molecule has 0 radical (unpaired) electrons. The topological polar surface area (TPSA) is 63.4 Å². The molecular weight excluding hydrogens is 279 g/mol. The SMILES string of the molecule is CC1CCCN1S(=O)(=O)c1cc(N)c(F)cc1Cl. The minimum absolute atomic E-state index is 0.0719. The van der Waals surface area contributed by atoms with Gasteiger partial charge in [-0.3, -0.25) is 0 Å². The van der Waals surface area contributed by atoms with Gasteiger partial charge in [0.25, 0.3) is 0 Å². The van der Waals surface area contributed by atoms with Gasteiger partial charge in [-0.15, -0.1) is 0 Å². The summed E-state index contributed by atoms with van der Waals surface area (Å²) in [4.78, 5) is -0.128. The maximum atomic E-state index is 13.2. The van der Waals surface area contributed by atoms with Gasteiger partial charge in [-0.25, -0.2) is 12.8 Å². The molecule has 0 bridgehead atoms. The molecule has 2 N–H and O–H groups in total. The minimum atomic E-state index is -3.70. The van der Waals surface area contributed by atoms with Gasteiger partial charge < -0.3 is 5.73 Å². The van der Waals surface area contributed by atoms with E-state index in [-0.39, 0.29) is 21.6 Å². The lowest BCUT2D eigenvalue weighted by Crippen LogP contribution is -2.33. The van der Waals surface area contributed by atoms with Crippen molar-refractivity contribution in [1.82, 2.24) is 4.31 Å². The fourth-order valence-corrected chi connectivity index (χ4v) is 4.36. The molecule has 18 heavy (non-hydrogen) atoms. The van der Waals surface area contributed by atoms with Crippen molar-refractivity contribution in [3.05, 3.63) is 23.0 Å². The normalized spacial score (nSPS) is 21.4. The first-order valence-corrected chi connectivity index (χ1v) is 7.42. The smallest absolute Gasteiger partial charge is 0.244 e. The van der Waals surface area contributed by atoms with Crippen LogP contribution < -0.4 is 5.73 Å². The first-order chi connectivity index (χ1) is 8.34. The molecule has 1 fully saturated rings. The standard InChI is InChI=1S/C11H14ClFN2O2S/c1-7-3-2-4-15(7)18(16,17)11-6-10(14)9(13)5-8(11)12/h5-7H,2-4,14H2,1H3. The molecule has 1 atom stereocenters. The minimum Gasteiger partial charge on any atom is -0.396 e. The molecule has 0 saturated carbocycles. The van der Waals surface area contributed by atoms with Crippen molar-refractivity contribution in [3.63, 3.8) is 0 Å². The van der Waals surface area contributed by atoms with Crippen molar-refractivity contribution in [2.24, 2.45) is 0 Å². The molecule has 1 aromatic carbocycles. The highest BCUT2D eigenvalue weighted by Crippen LogP contribution is 2.32. The molecule has 1 aromatic rings. The molecule has 1 saturated heterocycles. The van der Waals surface area contributed by atoms with Gasteiger partial charge in [-0.2, -0.15) is 4.31 Å². The summed E-state index contributed by atoms with van der Waals surface area (Å²) in [6, 6.07) is 1.94. The molecule has 100 valence electrons. The van der Waals surface area contributed by atoms with E-state index >= 15 is 0 Å². The molecule has 0 spiro atoms. The number of sulfonamides is 1. The van der Waals surface area contributed by atoms with Crippen molar-refractivity contribution in [2.45, 2.75) is 30.7 Å². The molecule has 1 heterocycles. The van der Waals surface area contributed by atoms with Gasteiger partial charge in [0, 0.05) is 12.6 Å². The largest absolute Gasteiger partial charge is 0.396 e. The third-order valence-electron chi connectivity index (χ3n) is 3.13. The van der Waals surface area contributed by atoms with Crippen molar-refractivity contribution in [2.75, 3.05) is 12.3 Å². The van der Waals surface area contributed by atoms with Crippen molar-refractivity contribution in [3.8, 4) is 0 Å². The van der Waals surface area contributed by atoms with Crippen LogP contribution in [0, 0.1) is 5.82 Å². The second-order valence-corrected chi connectivity index (χ2v) is 6.68. The van der Waals surface area contributed by atoms with E-state index in [0.717, 1.165) is 25.0 Å². The fraction of sp³-hybridized carbons (Fsp3) is 0.455. The highest BCUT2D eigenvalue weighted by molar-refractivity contribution is 7.89. The summed E-state index contributed by atoms with van der Waals surface area (Å²) < 4.78 is 39.3. The number of nitrogens with two attached hydrogens (primary N) is 1. The molecule has 0 amide bonds. The summed E-state index contributed by atoms with van der Waals surface area (Å²) in [7, 11) is -3.70. The third kappa shape index (κ3) is 2.20. The maximum Gasteiger partial charge on any atom is 0.244 e. The molecule has 1 unspecified atom stereocenters. The van der Waals surface area contributed by atoms with E-state index in [1.165, 1.54) is 4.31 Å². The number of anilines is 1. The summed E-state index contributed by atoms with van der Waals surface area (Å²) in [5.74, 6) is -0.714. The lowest BCUT2D eigenvalue weighted by molar-refractivity contribution is 0.408. The Hall–Kier alpha value is -0.850. The number of rotatable bonds is 2. The Morgan fingerprint density at radius 1 is 1.50 bits per heavy atom. The van der Waals surface area contributed by atoms with Crippen molar-refractivity contribution >= 4 is 27.3 Å². The molecule has 4 nitrogen and oxygen atoms in total. The van der Waals surface area contributed by atoms with Crippen LogP contribution >= 0.6 is 11.6 Å². The van der Waals surface area contributed by atoms with Gasteiger partial charge in [0.15, 0.2) is 0 Å². The van der Waals surface area contributed by atoms with E-state index in [1.807, 2.05) is 6.92 Å². The highest BCUT2D eigenvalue weighted by Gasteiger charge is 2.34. The zero-order chi connectivity index (χ0) is 13.5. The molecular formula is C11H14ClFN2O2S. The Morgan fingerprint density at radius 2 is 2.17 bits per heavy atom. The molecule has 1 aliphatic heterocycles. The first kappa shape index (κ1) is 13.6. The Kier molecular flexibility index (Phi) is 3.53. The number of benzene rings is 1. The van der Waals surface area contributed by atoms with Crippen LogP contribution in [0.5, 0.6) is 0 Å². The number of nitrogen functional groups attached to an aromatic ring is 1. The van der Waals surface area contributed by atoms with E-state index in [2.05, 4.69) is 0 Å². The van der Waals surface area contributed by atoms with E-state index in [9.17, 15) is 12.8 Å². The van der Waals surface area contributed by atoms with Gasteiger partial charge in [0.05, 0.1) is 10.7 Å². The maximum absolute atomic E-state index is 13.2. The van der Waals surface area contributed by atoms with Gasteiger partial charge in [0.2, 0.25) is 10.0 Å². The predicted molar refractivity (Wildman–Crippen MR) is 68.4 cm³/mol. The van der Waals surface area contributed by atoms with Gasteiger partial charge in [-0.1, -0.05) is 11.6 Å². The Bertz CT molecular complexity index is 577. The van der Waals surface area contributed by atoms with E-state index in [1.54, 1.807) is 0 Å². The predicted octanol–water partition coefficient (Wildman–Crippen LogP) is 2.23.